The van der Waals surface area contributed by atoms with Crippen LogP contribution in [-0.2, 0) is 11.0 Å². The van der Waals surface area contributed by atoms with E-state index in [4.69, 9.17) is 12.2 Å². The minimum Gasteiger partial charge on any atom is -0.383 e. The fourth-order valence-corrected chi connectivity index (χ4v) is 2.95. The summed E-state index contributed by atoms with van der Waals surface area (Å²) in [7, 11) is 0. The zero-order valence-electron chi connectivity index (χ0n) is 15.2. The third-order valence-electron chi connectivity index (χ3n) is 4.17. The predicted molar refractivity (Wildman–Crippen MR) is 113 cm³/mol. The quantitative estimate of drug-likeness (QED) is 0.411. The third kappa shape index (κ3) is 5.45. The van der Waals surface area contributed by atoms with Crippen molar-refractivity contribution in [3.63, 3.8) is 0 Å². The van der Waals surface area contributed by atoms with Crippen molar-refractivity contribution in [1.82, 2.24) is 5.32 Å². The van der Waals surface area contributed by atoms with Gasteiger partial charge in [-0.1, -0.05) is 54.7 Å². The van der Waals surface area contributed by atoms with Crippen LogP contribution in [0.25, 0.3) is 10.8 Å². The highest BCUT2D eigenvalue weighted by Crippen LogP contribution is 2.30. The van der Waals surface area contributed by atoms with Crippen LogP contribution in [0.2, 0.25) is 0 Å². The van der Waals surface area contributed by atoms with Crippen molar-refractivity contribution < 1.29 is 18.0 Å². The summed E-state index contributed by atoms with van der Waals surface area (Å²) in [5.41, 5.74) is 0.153. The molecule has 1 amide bonds. The van der Waals surface area contributed by atoms with Crippen molar-refractivity contribution in [2.45, 2.75) is 6.18 Å². The van der Waals surface area contributed by atoms with Crippen molar-refractivity contribution in [3.05, 3.63) is 72.3 Å². The zero-order valence-corrected chi connectivity index (χ0v) is 16.0. The van der Waals surface area contributed by atoms with Crippen LogP contribution in [-0.4, -0.2) is 24.0 Å². The van der Waals surface area contributed by atoms with Gasteiger partial charge in [-0.05, 0) is 29.7 Å². The SMILES string of the molecule is O=C(Nc1cccc(C(F)(F)F)c1)C(=S)NCCNc1cccc2ccccc12. The second kappa shape index (κ2) is 8.91. The van der Waals surface area contributed by atoms with Crippen molar-refractivity contribution in [3.8, 4) is 0 Å². The van der Waals surface area contributed by atoms with Gasteiger partial charge in [0.05, 0.1) is 5.56 Å². The number of carbonyl (C=O) groups excluding carboxylic acids is 1. The van der Waals surface area contributed by atoms with E-state index in [2.05, 4.69) is 16.0 Å². The number of halogens is 3. The molecule has 3 aromatic carbocycles. The molecule has 3 N–H and O–H groups in total. The van der Waals surface area contributed by atoms with Gasteiger partial charge in [0.2, 0.25) is 0 Å². The second-order valence-corrected chi connectivity index (χ2v) is 6.65. The normalized spacial score (nSPS) is 11.1. The first kappa shape index (κ1) is 20.6. The van der Waals surface area contributed by atoms with Crippen molar-refractivity contribution in [2.24, 2.45) is 0 Å². The summed E-state index contributed by atoms with van der Waals surface area (Å²) >= 11 is 5.02. The van der Waals surface area contributed by atoms with Crippen LogP contribution in [0.3, 0.4) is 0 Å². The highest BCUT2D eigenvalue weighted by Gasteiger charge is 2.30. The number of carbonyl (C=O) groups is 1. The maximum Gasteiger partial charge on any atom is 0.416 e. The maximum absolute atomic E-state index is 12.7. The van der Waals surface area contributed by atoms with Gasteiger partial charge in [0.15, 0.2) is 4.99 Å². The Morgan fingerprint density at radius 3 is 2.45 bits per heavy atom. The van der Waals surface area contributed by atoms with Gasteiger partial charge in [-0.2, -0.15) is 13.2 Å². The molecule has 3 aromatic rings. The molecule has 0 saturated heterocycles. The van der Waals surface area contributed by atoms with Gasteiger partial charge in [0.1, 0.15) is 0 Å². The number of benzene rings is 3. The van der Waals surface area contributed by atoms with Crippen LogP contribution in [0.4, 0.5) is 24.5 Å². The number of hydrogen-bond acceptors (Lipinski definition) is 3. The summed E-state index contributed by atoms with van der Waals surface area (Å²) in [6.45, 7) is 0.878. The Bertz CT molecular complexity index is 1030. The van der Waals surface area contributed by atoms with E-state index in [0.717, 1.165) is 28.6 Å². The number of fused-ring (bicyclic) bond motifs is 1. The summed E-state index contributed by atoms with van der Waals surface area (Å²) in [5.74, 6) is -0.663. The third-order valence-corrected chi connectivity index (χ3v) is 4.50. The van der Waals surface area contributed by atoms with Crippen LogP contribution in [0.5, 0.6) is 0 Å². The first-order valence-electron chi connectivity index (χ1n) is 8.83. The van der Waals surface area contributed by atoms with Crippen LogP contribution < -0.4 is 16.0 Å². The van der Waals surface area contributed by atoms with E-state index in [1.54, 1.807) is 0 Å². The summed E-state index contributed by atoms with van der Waals surface area (Å²) in [4.78, 5) is 12.0. The first-order valence-corrected chi connectivity index (χ1v) is 9.23. The molecule has 0 aliphatic heterocycles. The second-order valence-electron chi connectivity index (χ2n) is 6.24. The first-order chi connectivity index (χ1) is 13.8. The van der Waals surface area contributed by atoms with Crippen LogP contribution in [0.1, 0.15) is 5.56 Å². The van der Waals surface area contributed by atoms with E-state index in [9.17, 15) is 18.0 Å². The molecule has 0 unspecified atom stereocenters. The van der Waals surface area contributed by atoms with Gasteiger partial charge in [-0.3, -0.25) is 4.79 Å². The molecular formula is C21H18F3N3OS. The molecule has 0 spiro atoms. The van der Waals surface area contributed by atoms with Crippen LogP contribution in [0, 0.1) is 0 Å². The molecule has 0 aromatic heterocycles. The number of anilines is 2. The molecule has 0 radical (unpaired) electrons. The van der Waals surface area contributed by atoms with E-state index < -0.39 is 17.6 Å². The van der Waals surface area contributed by atoms with Gasteiger partial charge in [0.25, 0.3) is 5.91 Å². The summed E-state index contributed by atoms with van der Waals surface area (Å²) in [6.07, 6.45) is -4.48. The van der Waals surface area contributed by atoms with Crippen LogP contribution >= 0.6 is 12.2 Å². The molecule has 150 valence electrons. The fourth-order valence-electron chi connectivity index (χ4n) is 2.79. The lowest BCUT2D eigenvalue weighted by Gasteiger charge is -2.12. The summed E-state index contributed by atoms with van der Waals surface area (Å²) in [5, 5.41) is 10.6. The molecule has 3 rings (SSSR count). The predicted octanol–water partition coefficient (Wildman–Crippen LogP) is 4.83. The number of nitrogens with one attached hydrogen (secondary N) is 3. The molecule has 0 heterocycles. The van der Waals surface area contributed by atoms with Gasteiger partial charge in [-0.25, -0.2) is 0 Å². The molecule has 0 fully saturated rings. The Hall–Kier alpha value is -3.13. The van der Waals surface area contributed by atoms with E-state index in [0.29, 0.717) is 13.1 Å². The molecule has 0 saturated carbocycles. The number of rotatable bonds is 5. The molecule has 4 nitrogen and oxygen atoms in total. The number of thiocarbonyl (C=S) groups is 1. The highest BCUT2D eigenvalue weighted by molar-refractivity contribution is 7.82. The standard InChI is InChI=1S/C21H18F3N3OS/c22-21(23,24)15-7-4-8-16(13-15)27-19(28)20(29)26-12-11-25-18-10-3-6-14-5-1-2-9-17(14)18/h1-10,13,25H,11-12H2,(H,26,29)(H,27,28). The van der Waals surface area contributed by atoms with E-state index in [1.807, 2.05) is 42.5 Å². The van der Waals surface area contributed by atoms with Crippen molar-refractivity contribution >= 4 is 45.3 Å². The molecular weight excluding hydrogens is 399 g/mol. The average molecular weight is 417 g/mol. The summed E-state index contributed by atoms with van der Waals surface area (Å²) < 4.78 is 38.2. The highest BCUT2D eigenvalue weighted by atomic mass is 32.1. The number of alkyl halides is 3. The Balaban J connectivity index is 1.50. The van der Waals surface area contributed by atoms with Crippen molar-refractivity contribution in [2.75, 3.05) is 23.7 Å². The van der Waals surface area contributed by atoms with Gasteiger partial charge in [-0.15, -0.1) is 0 Å². The Morgan fingerprint density at radius 1 is 0.931 bits per heavy atom. The smallest absolute Gasteiger partial charge is 0.383 e. The largest absolute Gasteiger partial charge is 0.416 e. The molecule has 29 heavy (non-hydrogen) atoms. The minimum absolute atomic E-state index is 0.0304. The Labute approximate surface area is 171 Å². The zero-order chi connectivity index (χ0) is 20.9. The summed E-state index contributed by atoms with van der Waals surface area (Å²) in [6, 6.07) is 18.3. The van der Waals surface area contributed by atoms with E-state index >= 15 is 0 Å². The van der Waals surface area contributed by atoms with Gasteiger partial charge in [0, 0.05) is 29.9 Å². The lowest BCUT2D eigenvalue weighted by Crippen LogP contribution is -2.36. The lowest BCUT2D eigenvalue weighted by atomic mass is 10.1. The number of hydrogen-bond donors (Lipinski definition) is 3. The average Bonchev–Trinajstić information content (AvgIpc) is 2.70. The lowest BCUT2D eigenvalue weighted by molar-refractivity contribution is -0.137. The molecule has 0 aliphatic rings. The van der Waals surface area contributed by atoms with E-state index in [1.165, 1.54) is 12.1 Å². The van der Waals surface area contributed by atoms with Crippen LogP contribution in [0.15, 0.2) is 66.7 Å². The maximum atomic E-state index is 12.7. The van der Waals surface area contributed by atoms with Gasteiger partial charge < -0.3 is 16.0 Å². The molecule has 8 heteroatoms. The number of amides is 1. The van der Waals surface area contributed by atoms with Gasteiger partial charge >= 0.3 is 6.18 Å². The molecule has 0 atom stereocenters. The Morgan fingerprint density at radius 2 is 1.66 bits per heavy atom. The van der Waals surface area contributed by atoms with E-state index in [-0.39, 0.29) is 10.7 Å². The monoisotopic (exact) mass is 417 g/mol. The molecule has 0 bridgehead atoms. The minimum atomic E-state index is -4.48. The van der Waals surface area contributed by atoms with Crippen molar-refractivity contribution in [1.29, 1.82) is 0 Å². The molecule has 0 aliphatic carbocycles. The fraction of sp³-hybridized carbons (Fsp3) is 0.143. The Kier molecular flexibility index (Phi) is 6.33. The topological polar surface area (TPSA) is 53.2 Å².